The lowest BCUT2D eigenvalue weighted by Crippen LogP contribution is -2.45. The Morgan fingerprint density at radius 1 is 1.00 bits per heavy atom. The quantitative estimate of drug-likeness (QED) is 0.193. The second kappa shape index (κ2) is 11.7. The molecule has 7 nitrogen and oxygen atoms in total. The van der Waals surface area contributed by atoms with Crippen LogP contribution in [-0.2, 0) is 0 Å². The maximum atomic E-state index is 15.3. The van der Waals surface area contributed by atoms with Gasteiger partial charge in [0, 0.05) is 24.5 Å². The number of fused-ring (bicyclic) bond motifs is 1. The maximum Gasteiger partial charge on any atom is 0.336 e. The highest BCUT2D eigenvalue weighted by Crippen LogP contribution is 2.33. The van der Waals surface area contributed by atoms with E-state index in [0.717, 1.165) is 23.8 Å². The van der Waals surface area contributed by atoms with Crippen molar-refractivity contribution in [2.24, 2.45) is 0 Å². The lowest BCUT2D eigenvalue weighted by atomic mass is 9.95. The summed E-state index contributed by atoms with van der Waals surface area (Å²) in [6.45, 7) is 4.82. The fourth-order valence-electron chi connectivity index (χ4n) is 5.90. The van der Waals surface area contributed by atoms with Crippen molar-refractivity contribution >= 4 is 28.2 Å². The van der Waals surface area contributed by atoms with E-state index in [9.17, 15) is 14.7 Å². The molecule has 5 aromatic rings. The van der Waals surface area contributed by atoms with Crippen LogP contribution < -0.4 is 9.64 Å². The van der Waals surface area contributed by atoms with Gasteiger partial charge in [0.25, 0.3) is 0 Å². The van der Waals surface area contributed by atoms with Gasteiger partial charge in [0.05, 0.1) is 29.5 Å². The fourth-order valence-corrected chi connectivity index (χ4v) is 5.90. The van der Waals surface area contributed by atoms with Crippen molar-refractivity contribution in [2.45, 2.75) is 39.2 Å². The second-order valence-electron chi connectivity index (χ2n) is 10.8. The van der Waals surface area contributed by atoms with Crippen molar-refractivity contribution in [3.63, 3.8) is 0 Å². The Kier molecular flexibility index (Phi) is 7.67. The van der Waals surface area contributed by atoms with Crippen molar-refractivity contribution < 1.29 is 23.8 Å². The van der Waals surface area contributed by atoms with E-state index in [4.69, 9.17) is 9.72 Å². The number of carboxylic acids is 1. The molecule has 1 aromatic heterocycles. The highest BCUT2D eigenvalue weighted by Gasteiger charge is 2.33. The van der Waals surface area contributed by atoms with Crippen molar-refractivity contribution in [3.8, 4) is 22.8 Å². The van der Waals surface area contributed by atoms with Gasteiger partial charge in [-0.1, -0.05) is 36.4 Å². The van der Waals surface area contributed by atoms with E-state index in [1.54, 1.807) is 29.0 Å². The van der Waals surface area contributed by atoms with Crippen LogP contribution in [-0.4, -0.2) is 45.6 Å². The molecule has 0 aliphatic carbocycles. The SMILES string of the molecule is CCOc1cccc(-n2cc(C(=O)C3CCCCN3c3cc(C(=O)O)c4ccccc4c3)nc2-c2ccc(C)cc2F)c1. The van der Waals surface area contributed by atoms with Gasteiger partial charge in [0.2, 0.25) is 5.78 Å². The van der Waals surface area contributed by atoms with Gasteiger partial charge >= 0.3 is 5.97 Å². The zero-order valence-electron chi connectivity index (χ0n) is 24.1. The zero-order chi connectivity index (χ0) is 30.1. The number of carboxylic acid groups (broad SMARTS) is 1. The first-order valence-electron chi connectivity index (χ1n) is 14.5. The van der Waals surface area contributed by atoms with Gasteiger partial charge < -0.3 is 14.7 Å². The standard InChI is InChI=1S/C35H32FN3O4/c1-3-43-26-11-8-10-24(19-26)39-21-31(37-34(39)28-15-14-22(2)17-30(28)36)33(40)32-13-6-7-16-38(32)25-18-23-9-4-5-12-27(23)29(20-25)35(41)42/h4-5,8-12,14-15,17-21,32H,3,6-7,13,16H2,1-2H3,(H,41,42). The topological polar surface area (TPSA) is 84.7 Å². The number of ether oxygens (including phenoxy) is 1. The number of hydrogen-bond acceptors (Lipinski definition) is 5. The number of hydrogen-bond donors (Lipinski definition) is 1. The third-order valence-corrected chi connectivity index (χ3v) is 7.94. The van der Waals surface area contributed by atoms with Gasteiger partial charge in [0.1, 0.15) is 23.1 Å². The molecule has 1 unspecified atom stereocenters. The average molecular weight is 578 g/mol. The van der Waals surface area contributed by atoms with Crippen LogP contribution in [0.15, 0.2) is 85.1 Å². The summed E-state index contributed by atoms with van der Waals surface area (Å²) >= 11 is 0. The predicted octanol–water partition coefficient (Wildman–Crippen LogP) is 7.48. The molecule has 1 aliphatic heterocycles. The van der Waals surface area contributed by atoms with E-state index < -0.39 is 17.8 Å². The summed E-state index contributed by atoms with van der Waals surface area (Å²) in [7, 11) is 0. The summed E-state index contributed by atoms with van der Waals surface area (Å²) < 4.78 is 22.7. The number of nitrogens with zero attached hydrogens (tertiary/aromatic N) is 3. The van der Waals surface area contributed by atoms with E-state index in [2.05, 4.69) is 0 Å². The first kappa shape index (κ1) is 28.2. The third kappa shape index (κ3) is 5.48. The van der Waals surface area contributed by atoms with Crippen molar-refractivity contribution in [1.82, 2.24) is 9.55 Å². The highest BCUT2D eigenvalue weighted by molar-refractivity contribution is 6.06. The van der Waals surface area contributed by atoms with Gasteiger partial charge in [-0.25, -0.2) is 14.2 Å². The Morgan fingerprint density at radius 2 is 1.84 bits per heavy atom. The molecule has 1 fully saturated rings. The maximum absolute atomic E-state index is 15.3. The van der Waals surface area contributed by atoms with Gasteiger partial charge in [-0.2, -0.15) is 0 Å². The number of rotatable bonds is 8. The van der Waals surface area contributed by atoms with E-state index in [-0.39, 0.29) is 22.6 Å². The molecule has 1 aliphatic rings. The molecule has 1 N–H and O–H groups in total. The molecule has 2 heterocycles. The molecule has 43 heavy (non-hydrogen) atoms. The van der Waals surface area contributed by atoms with Crippen LogP contribution in [0.25, 0.3) is 27.8 Å². The summed E-state index contributed by atoms with van der Waals surface area (Å²) in [5, 5.41) is 11.4. The number of anilines is 1. The largest absolute Gasteiger partial charge is 0.494 e. The predicted molar refractivity (Wildman–Crippen MR) is 165 cm³/mol. The number of ketones is 1. The van der Waals surface area contributed by atoms with E-state index >= 15 is 4.39 Å². The molecule has 0 spiro atoms. The number of aromatic carboxylic acids is 1. The molecule has 1 atom stereocenters. The molecule has 0 bridgehead atoms. The lowest BCUT2D eigenvalue weighted by Gasteiger charge is -2.36. The Labute approximate surface area is 249 Å². The molecule has 1 saturated heterocycles. The molecule has 218 valence electrons. The first-order valence-corrected chi connectivity index (χ1v) is 14.5. The Morgan fingerprint density at radius 3 is 2.63 bits per heavy atom. The van der Waals surface area contributed by atoms with Crippen LogP contribution in [0, 0.1) is 12.7 Å². The van der Waals surface area contributed by atoms with E-state index in [0.29, 0.717) is 47.9 Å². The van der Waals surface area contributed by atoms with Gasteiger partial charge in [-0.3, -0.25) is 9.36 Å². The number of carbonyl (C=O) groups is 2. The minimum absolute atomic E-state index is 0.195. The molecule has 0 saturated carbocycles. The molecule has 0 radical (unpaired) electrons. The summed E-state index contributed by atoms with van der Waals surface area (Å²) in [6.07, 6.45) is 3.98. The molecule has 0 amide bonds. The number of carbonyl (C=O) groups excluding carboxylic acids is 1. The van der Waals surface area contributed by atoms with Crippen LogP contribution in [0.5, 0.6) is 5.75 Å². The van der Waals surface area contributed by atoms with Gasteiger partial charge in [-0.05, 0) is 85.8 Å². The molecule has 8 heteroatoms. The normalized spacial score (nSPS) is 15.0. The summed E-state index contributed by atoms with van der Waals surface area (Å²) in [5.74, 6) is -0.672. The van der Waals surface area contributed by atoms with Crippen LogP contribution in [0.3, 0.4) is 0 Å². The molecular weight excluding hydrogens is 545 g/mol. The fraction of sp³-hybridized carbons (Fsp3) is 0.229. The molecule has 4 aromatic carbocycles. The number of benzene rings is 4. The number of aromatic nitrogens is 2. The van der Waals surface area contributed by atoms with Crippen molar-refractivity contribution in [1.29, 1.82) is 0 Å². The summed E-state index contributed by atoms with van der Waals surface area (Å²) in [5.41, 5.74) is 2.85. The number of aryl methyl sites for hydroxylation is 1. The van der Waals surface area contributed by atoms with Crippen LogP contribution >= 0.6 is 0 Å². The Bertz CT molecular complexity index is 1850. The third-order valence-electron chi connectivity index (χ3n) is 7.94. The zero-order valence-corrected chi connectivity index (χ0v) is 24.1. The minimum atomic E-state index is -1.02. The van der Waals surface area contributed by atoms with E-state index in [1.165, 1.54) is 6.07 Å². The van der Waals surface area contributed by atoms with Crippen molar-refractivity contribution in [3.05, 3.63) is 108 Å². The van der Waals surface area contributed by atoms with Crippen LogP contribution in [0.2, 0.25) is 0 Å². The van der Waals surface area contributed by atoms with Gasteiger partial charge in [0.15, 0.2) is 0 Å². The number of Topliss-reactive ketones (excluding diaryl/α,β-unsaturated/α-hetero) is 1. The second-order valence-corrected chi connectivity index (χ2v) is 10.8. The smallest absolute Gasteiger partial charge is 0.336 e. The average Bonchev–Trinajstić information content (AvgIpc) is 3.45. The molecule has 6 rings (SSSR count). The minimum Gasteiger partial charge on any atom is -0.494 e. The first-order chi connectivity index (χ1) is 20.8. The van der Waals surface area contributed by atoms with Crippen LogP contribution in [0.1, 0.15) is 52.6 Å². The molecular formula is C35H32FN3O4. The van der Waals surface area contributed by atoms with E-state index in [1.807, 2.05) is 73.3 Å². The number of imidazole rings is 1. The number of halogens is 1. The Balaban J connectivity index is 1.44. The monoisotopic (exact) mass is 577 g/mol. The number of piperidine rings is 1. The van der Waals surface area contributed by atoms with Gasteiger partial charge in [-0.15, -0.1) is 0 Å². The highest BCUT2D eigenvalue weighted by atomic mass is 19.1. The Hall–Kier alpha value is -4.98. The summed E-state index contributed by atoms with van der Waals surface area (Å²) in [4.78, 5) is 33.1. The lowest BCUT2D eigenvalue weighted by molar-refractivity contribution is 0.0699. The summed E-state index contributed by atoms with van der Waals surface area (Å²) in [6, 6.07) is 22.8. The van der Waals surface area contributed by atoms with Crippen LogP contribution in [0.4, 0.5) is 10.1 Å². The van der Waals surface area contributed by atoms with Crippen molar-refractivity contribution in [2.75, 3.05) is 18.1 Å².